The lowest BCUT2D eigenvalue weighted by molar-refractivity contribution is 0.441. The van der Waals surface area contributed by atoms with E-state index in [-0.39, 0.29) is 10.0 Å². The second-order valence-corrected chi connectivity index (χ2v) is 8.86. The molecule has 0 amide bonds. The molecule has 27 heavy (non-hydrogen) atoms. The molecule has 3 aromatic rings. The van der Waals surface area contributed by atoms with Crippen LogP contribution in [0.25, 0.3) is 16.5 Å². The van der Waals surface area contributed by atoms with Gasteiger partial charge in [-0.2, -0.15) is 9.40 Å². The molecule has 0 spiro atoms. The van der Waals surface area contributed by atoms with Gasteiger partial charge in [0.15, 0.2) is 0 Å². The third-order valence-electron chi connectivity index (χ3n) is 4.91. The Morgan fingerprint density at radius 2 is 1.96 bits per heavy atom. The molecule has 0 unspecified atom stereocenters. The molecule has 0 N–H and O–H groups in total. The Morgan fingerprint density at radius 3 is 2.63 bits per heavy atom. The van der Waals surface area contributed by atoms with E-state index in [4.69, 9.17) is 11.6 Å². The molecule has 4 rings (SSSR count). The van der Waals surface area contributed by atoms with Crippen molar-refractivity contribution < 1.29 is 8.42 Å². The third kappa shape index (κ3) is 3.05. The number of aromatic nitrogens is 3. The fourth-order valence-corrected chi connectivity index (χ4v) is 5.27. The lowest BCUT2D eigenvalue weighted by Gasteiger charge is -2.26. The predicted octanol–water partition coefficient (Wildman–Crippen LogP) is 3.41. The van der Waals surface area contributed by atoms with Crippen molar-refractivity contribution in [2.24, 2.45) is 7.05 Å². The van der Waals surface area contributed by atoms with Crippen molar-refractivity contribution in [3.63, 3.8) is 0 Å². The molecular formula is C19H19ClN4O2S. The molecule has 8 heteroatoms. The van der Waals surface area contributed by atoms with E-state index in [1.807, 2.05) is 37.4 Å². The number of aryl methyl sites for hydroxylation is 2. The van der Waals surface area contributed by atoms with Gasteiger partial charge >= 0.3 is 0 Å². The second kappa shape index (κ2) is 6.74. The van der Waals surface area contributed by atoms with Crippen LogP contribution < -0.4 is 0 Å². The molecular weight excluding hydrogens is 384 g/mol. The van der Waals surface area contributed by atoms with Crippen molar-refractivity contribution in [2.75, 3.05) is 13.1 Å². The van der Waals surface area contributed by atoms with Crippen LogP contribution >= 0.6 is 11.6 Å². The first-order valence-corrected chi connectivity index (χ1v) is 10.4. The number of rotatable bonds is 3. The van der Waals surface area contributed by atoms with Crippen molar-refractivity contribution in [3.8, 4) is 0 Å². The van der Waals surface area contributed by atoms with Gasteiger partial charge in [0, 0.05) is 31.7 Å². The summed E-state index contributed by atoms with van der Waals surface area (Å²) in [4.78, 5) is 4.53. The summed E-state index contributed by atoms with van der Waals surface area (Å²) in [5.41, 5.74) is 4.33. The summed E-state index contributed by atoms with van der Waals surface area (Å²) in [5.74, 6) is 0. The van der Waals surface area contributed by atoms with Crippen molar-refractivity contribution in [1.82, 2.24) is 19.1 Å². The maximum Gasteiger partial charge on any atom is 0.248 e. The van der Waals surface area contributed by atoms with Gasteiger partial charge in [0.1, 0.15) is 10.0 Å². The number of hydrogen-bond donors (Lipinski definition) is 0. The van der Waals surface area contributed by atoms with E-state index in [9.17, 15) is 8.42 Å². The van der Waals surface area contributed by atoms with Gasteiger partial charge in [-0.3, -0.25) is 9.67 Å². The summed E-state index contributed by atoms with van der Waals surface area (Å²) < 4.78 is 28.6. The van der Waals surface area contributed by atoms with E-state index < -0.39 is 10.0 Å². The number of pyridine rings is 1. The fraction of sp³-hybridized carbons (Fsp3) is 0.263. The summed E-state index contributed by atoms with van der Waals surface area (Å²) in [6.07, 6.45) is 5.79. The highest BCUT2D eigenvalue weighted by molar-refractivity contribution is 7.89. The standard InChI is InChI=1S/C19H19ClN4O2S/c1-13-11-21-16-6-4-3-5-15(16)18(13)14-7-9-24(10-8-14)27(25,26)17-12-22-23(2)19(17)20/h3-7,11-12H,8-10H2,1-2H3. The Balaban J connectivity index is 1.69. The lowest BCUT2D eigenvalue weighted by Crippen LogP contribution is -2.34. The SMILES string of the molecule is Cc1cnc2ccccc2c1C1=CCN(S(=O)(=O)c2cnn(C)c2Cl)CC1. The summed E-state index contributed by atoms with van der Waals surface area (Å²) >= 11 is 6.10. The first kappa shape index (κ1) is 18.2. The minimum Gasteiger partial charge on any atom is -0.256 e. The molecule has 2 aromatic heterocycles. The van der Waals surface area contributed by atoms with Crippen LogP contribution in [0.5, 0.6) is 0 Å². The van der Waals surface area contributed by atoms with Crippen LogP contribution in [-0.2, 0) is 17.1 Å². The Hall–Kier alpha value is -2.22. The number of halogens is 1. The van der Waals surface area contributed by atoms with Crippen molar-refractivity contribution in [1.29, 1.82) is 0 Å². The maximum atomic E-state index is 12.9. The summed E-state index contributed by atoms with van der Waals surface area (Å²) in [6.45, 7) is 2.74. The van der Waals surface area contributed by atoms with Crippen molar-refractivity contribution in [3.05, 3.63) is 59.0 Å². The number of para-hydroxylation sites is 1. The fourth-order valence-electron chi connectivity index (χ4n) is 3.48. The van der Waals surface area contributed by atoms with Crippen molar-refractivity contribution in [2.45, 2.75) is 18.2 Å². The minimum atomic E-state index is -3.67. The van der Waals surface area contributed by atoms with Crippen LogP contribution in [-0.4, -0.2) is 40.6 Å². The van der Waals surface area contributed by atoms with E-state index in [0.29, 0.717) is 19.5 Å². The van der Waals surface area contributed by atoms with Gasteiger partial charge in [-0.15, -0.1) is 0 Å². The highest BCUT2D eigenvalue weighted by Gasteiger charge is 2.30. The normalized spacial score (nSPS) is 15.9. The van der Waals surface area contributed by atoms with Crippen LogP contribution in [0.1, 0.15) is 17.5 Å². The molecule has 140 valence electrons. The highest BCUT2D eigenvalue weighted by atomic mass is 35.5. The van der Waals surface area contributed by atoms with E-state index in [1.54, 1.807) is 7.05 Å². The maximum absolute atomic E-state index is 12.9. The number of benzene rings is 1. The van der Waals surface area contributed by atoms with Crippen LogP contribution in [0.15, 0.2) is 47.6 Å². The Labute approximate surface area is 163 Å². The van der Waals surface area contributed by atoms with Gasteiger partial charge < -0.3 is 0 Å². The first-order valence-electron chi connectivity index (χ1n) is 8.61. The third-order valence-corrected chi connectivity index (χ3v) is 7.34. The molecule has 0 atom stereocenters. The molecule has 6 nitrogen and oxygen atoms in total. The van der Waals surface area contributed by atoms with Crippen LogP contribution in [0.4, 0.5) is 0 Å². The Bertz CT molecular complexity index is 1170. The smallest absolute Gasteiger partial charge is 0.248 e. The van der Waals surface area contributed by atoms with Crippen molar-refractivity contribution >= 4 is 38.1 Å². The first-order chi connectivity index (χ1) is 12.9. The molecule has 0 radical (unpaired) electrons. The zero-order valence-electron chi connectivity index (χ0n) is 15.1. The lowest BCUT2D eigenvalue weighted by atomic mass is 9.93. The molecule has 0 saturated heterocycles. The summed E-state index contributed by atoms with van der Waals surface area (Å²) in [5, 5.41) is 5.16. The van der Waals surface area contributed by atoms with Gasteiger partial charge in [-0.1, -0.05) is 35.9 Å². The average molecular weight is 403 g/mol. The molecule has 1 aliphatic rings. The zero-order valence-corrected chi connectivity index (χ0v) is 16.6. The van der Waals surface area contributed by atoms with Gasteiger partial charge in [-0.25, -0.2) is 8.42 Å². The van der Waals surface area contributed by atoms with Crippen LogP contribution in [0.2, 0.25) is 5.15 Å². The van der Waals surface area contributed by atoms with E-state index in [1.165, 1.54) is 15.2 Å². The Kier molecular flexibility index (Phi) is 4.53. The second-order valence-electron chi connectivity index (χ2n) is 6.60. The number of hydrogen-bond acceptors (Lipinski definition) is 4. The van der Waals surface area contributed by atoms with Gasteiger partial charge in [0.25, 0.3) is 0 Å². The molecule has 0 aliphatic carbocycles. The highest BCUT2D eigenvalue weighted by Crippen LogP contribution is 2.33. The summed E-state index contributed by atoms with van der Waals surface area (Å²) in [7, 11) is -2.05. The molecule has 0 bridgehead atoms. The number of fused-ring (bicyclic) bond motifs is 1. The summed E-state index contributed by atoms with van der Waals surface area (Å²) in [6, 6.07) is 8.01. The van der Waals surface area contributed by atoms with E-state index >= 15 is 0 Å². The van der Waals surface area contributed by atoms with Crippen LogP contribution in [0.3, 0.4) is 0 Å². The minimum absolute atomic E-state index is 0.0501. The quantitative estimate of drug-likeness (QED) is 0.673. The molecule has 0 saturated carbocycles. The average Bonchev–Trinajstić information content (AvgIpc) is 3.01. The zero-order chi connectivity index (χ0) is 19.2. The molecule has 0 fully saturated rings. The van der Waals surface area contributed by atoms with E-state index in [2.05, 4.69) is 16.1 Å². The predicted molar refractivity (Wildman–Crippen MR) is 106 cm³/mol. The van der Waals surface area contributed by atoms with E-state index in [0.717, 1.165) is 27.6 Å². The van der Waals surface area contributed by atoms with Gasteiger partial charge in [-0.05, 0) is 36.1 Å². The number of sulfonamides is 1. The number of nitrogens with zero attached hydrogens (tertiary/aromatic N) is 4. The topological polar surface area (TPSA) is 68.1 Å². The molecule has 1 aromatic carbocycles. The Morgan fingerprint density at radius 1 is 1.19 bits per heavy atom. The molecule has 1 aliphatic heterocycles. The van der Waals surface area contributed by atoms with Crippen LogP contribution in [0, 0.1) is 6.92 Å². The monoisotopic (exact) mass is 402 g/mol. The van der Waals surface area contributed by atoms with Gasteiger partial charge in [0.2, 0.25) is 10.0 Å². The molecule has 3 heterocycles. The van der Waals surface area contributed by atoms with Gasteiger partial charge in [0.05, 0.1) is 11.7 Å². The largest absolute Gasteiger partial charge is 0.256 e.